The van der Waals surface area contributed by atoms with Gasteiger partial charge in [0.25, 0.3) is 0 Å². The Balaban J connectivity index is 1.78. The van der Waals surface area contributed by atoms with Crippen molar-refractivity contribution in [3.8, 4) is 11.1 Å². The number of carboxylic acid groups (broad SMARTS) is 1. The maximum absolute atomic E-state index is 13.4. The summed E-state index contributed by atoms with van der Waals surface area (Å²) in [6.45, 7) is 2.91. The van der Waals surface area contributed by atoms with Gasteiger partial charge in [0.1, 0.15) is 6.04 Å². The SMILES string of the molecule is CC(=O)c1cccc(Nc2ncc(-c3cncc(C(=O)O)c3)c(N3NC(C(F)(F)F)C=C3C)n2)c1. The Kier molecular flexibility index (Phi) is 6.22. The number of nitrogens with zero attached hydrogens (tertiary/aromatic N) is 4. The van der Waals surface area contributed by atoms with E-state index in [1.54, 1.807) is 24.3 Å². The van der Waals surface area contributed by atoms with Crippen LogP contribution in [0.3, 0.4) is 0 Å². The molecular formula is C23H19F3N6O3. The molecule has 3 aromatic rings. The number of rotatable bonds is 6. The van der Waals surface area contributed by atoms with Crippen molar-refractivity contribution in [2.45, 2.75) is 26.1 Å². The summed E-state index contributed by atoms with van der Waals surface area (Å²) in [6.07, 6.45) is 0.360. The van der Waals surface area contributed by atoms with Gasteiger partial charge in [-0.2, -0.15) is 18.2 Å². The standard InChI is InChI=1S/C23H19F3N6O3/c1-12-6-19(23(24,25)26)31-32(12)20-18(15-7-16(21(34)35)10-27-9-15)11-28-22(30-20)29-17-5-3-4-14(8-17)13(2)33/h3-11,19,31H,1-2H3,(H,34,35)(H,28,29,30). The number of allylic oxidation sites excluding steroid dienone is 1. The molecule has 4 rings (SSSR count). The van der Waals surface area contributed by atoms with Gasteiger partial charge < -0.3 is 10.4 Å². The topological polar surface area (TPSA) is 120 Å². The number of carbonyl (C=O) groups is 2. The molecule has 2 aromatic heterocycles. The molecule has 9 nitrogen and oxygen atoms in total. The van der Waals surface area contributed by atoms with Gasteiger partial charge in [-0.05, 0) is 38.1 Å². The molecule has 1 unspecified atom stereocenters. The second kappa shape index (κ2) is 9.14. The molecule has 1 aromatic carbocycles. The Hall–Kier alpha value is -4.32. The first-order chi connectivity index (χ1) is 16.5. The van der Waals surface area contributed by atoms with E-state index in [2.05, 4.69) is 25.7 Å². The number of nitrogens with one attached hydrogen (secondary N) is 2. The molecule has 180 valence electrons. The fourth-order valence-electron chi connectivity index (χ4n) is 3.45. The number of pyridine rings is 1. The third-order valence-electron chi connectivity index (χ3n) is 5.18. The van der Waals surface area contributed by atoms with Crippen LogP contribution in [0.15, 0.2) is 60.7 Å². The van der Waals surface area contributed by atoms with E-state index in [4.69, 9.17) is 0 Å². The van der Waals surface area contributed by atoms with Crippen LogP contribution in [0.5, 0.6) is 0 Å². The summed E-state index contributed by atoms with van der Waals surface area (Å²) in [5.74, 6) is -1.25. The van der Waals surface area contributed by atoms with Crippen LogP contribution in [-0.4, -0.2) is 44.0 Å². The second-order valence-corrected chi connectivity index (χ2v) is 7.75. The zero-order valence-corrected chi connectivity index (χ0v) is 18.5. The number of ketones is 1. The number of alkyl halides is 3. The normalized spacial score (nSPS) is 15.6. The highest BCUT2D eigenvalue weighted by Gasteiger charge is 2.43. The summed E-state index contributed by atoms with van der Waals surface area (Å²) in [5.41, 5.74) is 4.02. The van der Waals surface area contributed by atoms with Crippen LogP contribution in [0.1, 0.15) is 34.6 Å². The number of aromatic carboxylic acids is 1. The van der Waals surface area contributed by atoms with Crippen LogP contribution in [0, 0.1) is 0 Å². The summed E-state index contributed by atoms with van der Waals surface area (Å²) in [4.78, 5) is 35.7. The van der Waals surface area contributed by atoms with Gasteiger partial charge in [0.15, 0.2) is 11.6 Å². The molecule has 12 heteroatoms. The maximum Gasteiger partial charge on any atom is 0.409 e. The molecule has 0 saturated carbocycles. The Bertz CT molecular complexity index is 1340. The molecule has 0 saturated heterocycles. The minimum atomic E-state index is -4.54. The highest BCUT2D eigenvalue weighted by atomic mass is 19.4. The number of hydrazine groups is 1. The number of halogens is 3. The molecule has 0 aliphatic carbocycles. The molecule has 0 amide bonds. The predicted octanol–water partition coefficient (Wildman–Crippen LogP) is 4.34. The van der Waals surface area contributed by atoms with Crippen molar-refractivity contribution in [3.05, 3.63) is 71.8 Å². The first kappa shape index (κ1) is 23.8. The van der Waals surface area contributed by atoms with Crippen molar-refractivity contribution in [2.75, 3.05) is 10.3 Å². The van der Waals surface area contributed by atoms with Gasteiger partial charge in [-0.25, -0.2) is 15.2 Å². The summed E-state index contributed by atoms with van der Waals surface area (Å²) >= 11 is 0. The average molecular weight is 484 g/mol. The summed E-state index contributed by atoms with van der Waals surface area (Å²) in [6, 6.07) is 5.99. The van der Waals surface area contributed by atoms with E-state index in [1.807, 2.05) is 0 Å². The highest BCUT2D eigenvalue weighted by molar-refractivity contribution is 5.95. The Morgan fingerprint density at radius 1 is 1.14 bits per heavy atom. The fraction of sp³-hybridized carbons (Fsp3) is 0.174. The zero-order chi connectivity index (χ0) is 25.3. The molecule has 1 atom stereocenters. The van der Waals surface area contributed by atoms with Gasteiger partial charge in [0.05, 0.1) is 5.56 Å². The van der Waals surface area contributed by atoms with E-state index >= 15 is 0 Å². The van der Waals surface area contributed by atoms with E-state index in [1.165, 1.54) is 37.3 Å². The Morgan fingerprint density at radius 3 is 2.57 bits per heavy atom. The third-order valence-corrected chi connectivity index (χ3v) is 5.18. The number of aromatic nitrogens is 3. The first-order valence-electron chi connectivity index (χ1n) is 10.3. The van der Waals surface area contributed by atoms with Crippen molar-refractivity contribution < 1.29 is 27.9 Å². The summed E-state index contributed by atoms with van der Waals surface area (Å²) in [7, 11) is 0. The number of carbonyl (C=O) groups excluding carboxylic acids is 1. The highest BCUT2D eigenvalue weighted by Crippen LogP contribution is 2.35. The van der Waals surface area contributed by atoms with Crippen LogP contribution in [0.25, 0.3) is 11.1 Å². The lowest BCUT2D eigenvalue weighted by atomic mass is 10.1. The van der Waals surface area contributed by atoms with Gasteiger partial charge in [-0.1, -0.05) is 12.1 Å². The smallest absolute Gasteiger partial charge is 0.409 e. The molecular weight excluding hydrogens is 465 g/mol. The number of carboxylic acids is 1. The minimum Gasteiger partial charge on any atom is -0.478 e. The monoisotopic (exact) mass is 484 g/mol. The molecule has 0 bridgehead atoms. The van der Waals surface area contributed by atoms with Crippen molar-refractivity contribution >= 4 is 29.2 Å². The molecule has 0 spiro atoms. The summed E-state index contributed by atoms with van der Waals surface area (Å²) < 4.78 is 40.1. The average Bonchev–Trinajstić information content (AvgIpc) is 3.21. The molecule has 35 heavy (non-hydrogen) atoms. The van der Waals surface area contributed by atoms with Gasteiger partial charge in [-0.15, -0.1) is 0 Å². The van der Waals surface area contributed by atoms with Gasteiger partial charge in [0.2, 0.25) is 5.95 Å². The van der Waals surface area contributed by atoms with E-state index in [9.17, 15) is 27.9 Å². The number of hydrogen-bond acceptors (Lipinski definition) is 8. The number of hydrogen-bond donors (Lipinski definition) is 3. The van der Waals surface area contributed by atoms with E-state index in [0.717, 1.165) is 12.3 Å². The van der Waals surface area contributed by atoms with Crippen LogP contribution >= 0.6 is 0 Å². The largest absolute Gasteiger partial charge is 0.478 e. The molecule has 1 aliphatic heterocycles. The Labute approximate surface area is 197 Å². The molecule has 3 heterocycles. The van der Waals surface area contributed by atoms with Crippen LogP contribution in [0.2, 0.25) is 0 Å². The zero-order valence-electron chi connectivity index (χ0n) is 18.5. The van der Waals surface area contributed by atoms with Crippen LogP contribution in [0.4, 0.5) is 30.6 Å². The van der Waals surface area contributed by atoms with Crippen molar-refractivity contribution in [1.82, 2.24) is 20.4 Å². The minimum absolute atomic E-state index is 0.0510. The lowest BCUT2D eigenvalue weighted by Crippen LogP contribution is -2.45. The summed E-state index contributed by atoms with van der Waals surface area (Å²) in [5, 5.41) is 13.4. The third kappa shape index (κ3) is 5.11. The Morgan fingerprint density at radius 2 is 1.91 bits per heavy atom. The van der Waals surface area contributed by atoms with Gasteiger partial charge in [0, 0.05) is 46.7 Å². The molecule has 3 N–H and O–H groups in total. The molecule has 1 aliphatic rings. The lowest BCUT2D eigenvalue weighted by molar-refractivity contribution is -0.142. The van der Waals surface area contributed by atoms with Crippen molar-refractivity contribution in [3.63, 3.8) is 0 Å². The maximum atomic E-state index is 13.4. The van der Waals surface area contributed by atoms with Gasteiger partial charge >= 0.3 is 12.1 Å². The molecule has 0 radical (unpaired) electrons. The lowest BCUT2D eigenvalue weighted by Gasteiger charge is -2.25. The van der Waals surface area contributed by atoms with E-state index in [0.29, 0.717) is 16.8 Å². The number of anilines is 3. The fourth-order valence-corrected chi connectivity index (χ4v) is 3.45. The second-order valence-electron chi connectivity index (χ2n) is 7.75. The predicted molar refractivity (Wildman–Crippen MR) is 121 cm³/mol. The van der Waals surface area contributed by atoms with Crippen molar-refractivity contribution in [2.24, 2.45) is 0 Å². The number of benzene rings is 1. The van der Waals surface area contributed by atoms with E-state index < -0.39 is 18.2 Å². The quantitative estimate of drug-likeness (QED) is 0.439. The van der Waals surface area contributed by atoms with E-state index in [-0.39, 0.29) is 34.4 Å². The van der Waals surface area contributed by atoms with Crippen LogP contribution < -0.4 is 15.8 Å². The van der Waals surface area contributed by atoms with Crippen molar-refractivity contribution in [1.29, 1.82) is 0 Å². The van der Waals surface area contributed by atoms with Gasteiger partial charge in [-0.3, -0.25) is 14.8 Å². The molecule has 0 fully saturated rings. The first-order valence-corrected chi connectivity index (χ1v) is 10.3. The number of Topliss-reactive ketones (excluding diaryl/α,β-unsaturated/α-hetero) is 1. The van der Waals surface area contributed by atoms with Crippen LogP contribution in [-0.2, 0) is 0 Å².